The van der Waals surface area contributed by atoms with Gasteiger partial charge in [-0.2, -0.15) is 5.26 Å². The Hall–Kier alpha value is -3.87. The van der Waals surface area contributed by atoms with Crippen molar-refractivity contribution < 1.29 is 14.3 Å². The summed E-state index contributed by atoms with van der Waals surface area (Å²) >= 11 is 0. The standard InChI is InChI=1S/C33H40N6O3/c1-22-17-38(30-10-8-24(16-34)31-29(30)6-5-11-35-31)20-28-14-23-7-9-27(15-25(23)18-39(22)28)37-12-13-41-21-26(19-37)36-32(40)42-33(2,3)4/h5-11,15,22,26,28H,12-14,17-21H2,1-4H3,(H,36,40)/t22-,26?,28+/m1/s1. The van der Waals surface area contributed by atoms with Crippen LogP contribution in [0.15, 0.2) is 48.7 Å². The molecule has 2 saturated heterocycles. The van der Waals surface area contributed by atoms with Crippen LogP contribution in [0.25, 0.3) is 10.9 Å². The highest BCUT2D eigenvalue weighted by Crippen LogP contribution is 2.35. The number of aromatic nitrogens is 1. The molecule has 3 aliphatic heterocycles. The molecule has 1 unspecified atom stereocenters. The van der Waals surface area contributed by atoms with Crippen LogP contribution < -0.4 is 15.1 Å². The number of fused-ring (bicyclic) bond motifs is 3. The Morgan fingerprint density at radius 2 is 1.98 bits per heavy atom. The number of pyridine rings is 1. The number of nitrogens with zero attached hydrogens (tertiary/aromatic N) is 5. The molecule has 0 radical (unpaired) electrons. The zero-order valence-corrected chi connectivity index (χ0v) is 25.0. The number of hydrogen-bond acceptors (Lipinski definition) is 8. The Bertz CT molecular complexity index is 1510. The highest BCUT2D eigenvalue weighted by Gasteiger charge is 2.36. The van der Waals surface area contributed by atoms with Gasteiger partial charge < -0.3 is 24.6 Å². The molecule has 0 saturated carbocycles. The lowest BCUT2D eigenvalue weighted by molar-refractivity contribution is 0.0466. The number of anilines is 2. The lowest BCUT2D eigenvalue weighted by Crippen LogP contribution is -2.59. The van der Waals surface area contributed by atoms with Crippen LogP contribution in [-0.2, 0) is 22.4 Å². The fourth-order valence-corrected chi connectivity index (χ4v) is 6.62. The van der Waals surface area contributed by atoms with Gasteiger partial charge in [0, 0.05) is 67.8 Å². The number of alkyl carbamates (subject to hydrolysis) is 1. The van der Waals surface area contributed by atoms with Gasteiger partial charge in [0.2, 0.25) is 0 Å². The van der Waals surface area contributed by atoms with Gasteiger partial charge in [-0.3, -0.25) is 9.88 Å². The summed E-state index contributed by atoms with van der Waals surface area (Å²) in [5, 5.41) is 13.6. The van der Waals surface area contributed by atoms with E-state index in [-0.39, 0.29) is 6.04 Å². The maximum Gasteiger partial charge on any atom is 0.408 e. The molecule has 0 spiro atoms. The molecule has 42 heavy (non-hydrogen) atoms. The van der Waals surface area contributed by atoms with E-state index in [9.17, 15) is 10.1 Å². The molecule has 0 bridgehead atoms. The lowest BCUT2D eigenvalue weighted by Gasteiger charge is -2.49. The minimum atomic E-state index is -0.540. The Labute approximate surface area is 248 Å². The van der Waals surface area contributed by atoms with E-state index < -0.39 is 11.7 Å². The van der Waals surface area contributed by atoms with Gasteiger partial charge in [-0.25, -0.2) is 4.79 Å². The first-order valence-electron chi connectivity index (χ1n) is 14.9. The predicted molar refractivity (Wildman–Crippen MR) is 164 cm³/mol. The van der Waals surface area contributed by atoms with Gasteiger partial charge in [-0.05, 0) is 81.6 Å². The lowest BCUT2D eigenvalue weighted by atomic mass is 9.89. The van der Waals surface area contributed by atoms with Crippen molar-refractivity contribution in [3.63, 3.8) is 0 Å². The second-order valence-corrected chi connectivity index (χ2v) is 12.7. The Morgan fingerprint density at radius 3 is 2.79 bits per heavy atom. The normalized spacial score (nSPS) is 23.0. The molecule has 4 heterocycles. The number of nitriles is 1. The molecule has 2 fully saturated rings. The van der Waals surface area contributed by atoms with Gasteiger partial charge >= 0.3 is 6.09 Å². The number of amides is 1. The van der Waals surface area contributed by atoms with Crippen molar-refractivity contribution >= 4 is 28.4 Å². The van der Waals surface area contributed by atoms with Crippen LogP contribution in [0.2, 0.25) is 0 Å². The smallest absolute Gasteiger partial charge is 0.408 e. The maximum atomic E-state index is 12.4. The number of carbonyl (C=O) groups excluding carboxylic acids is 1. The van der Waals surface area contributed by atoms with Gasteiger partial charge in [-0.1, -0.05) is 6.07 Å². The van der Waals surface area contributed by atoms with E-state index in [1.54, 1.807) is 6.20 Å². The number of benzene rings is 2. The van der Waals surface area contributed by atoms with E-state index in [4.69, 9.17) is 9.47 Å². The molecule has 9 heteroatoms. The first-order valence-corrected chi connectivity index (χ1v) is 14.9. The summed E-state index contributed by atoms with van der Waals surface area (Å²) in [6, 6.07) is 17.8. The van der Waals surface area contributed by atoms with E-state index in [1.165, 1.54) is 11.1 Å². The van der Waals surface area contributed by atoms with Crippen LogP contribution in [0.4, 0.5) is 16.2 Å². The van der Waals surface area contributed by atoms with Gasteiger partial charge in [0.1, 0.15) is 11.7 Å². The maximum absolute atomic E-state index is 12.4. The third-order valence-electron chi connectivity index (χ3n) is 8.51. The van der Waals surface area contributed by atoms with Crippen molar-refractivity contribution in [3.05, 3.63) is 65.4 Å². The Kier molecular flexibility index (Phi) is 7.69. The number of rotatable bonds is 3. The summed E-state index contributed by atoms with van der Waals surface area (Å²) in [6.45, 7) is 13.2. The van der Waals surface area contributed by atoms with Crippen molar-refractivity contribution in [2.75, 3.05) is 49.2 Å². The number of ether oxygens (including phenoxy) is 2. The summed E-state index contributed by atoms with van der Waals surface area (Å²) in [6.07, 6.45) is 2.35. The van der Waals surface area contributed by atoms with E-state index in [1.807, 2.05) is 32.9 Å². The molecular formula is C33H40N6O3. The molecule has 3 aromatic rings. The van der Waals surface area contributed by atoms with Crippen molar-refractivity contribution in [2.24, 2.45) is 0 Å². The highest BCUT2D eigenvalue weighted by molar-refractivity contribution is 5.95. The fraction of sp³-hybridized carbons (Fsp3) is 0.485. The first-order chi connectivity index (χ1) is 20.2. The fourth-order valence-electron chi connectivity index (χ4n) is 6.62. The molecule has 1 N–H and O–H groups in total. The summed E-state index contributed by atoms with van der Waals surface area (Å²) in [7, 11) is 0. The SMILES string of the molecule is C[C@@H]1CN(c2ccc(C#N)c3ncccc23)C[C@@H]2Cc3ccc(N4CCOCC(NC(=O)OC(C)(C)C)C4)cc3CN21. The molecule has 220 valence electrons. The average molecular weight is 569 g/mol. The topological polar surface area (TPSA) is 94.0 Å². The van der Waals surface area contributed by atoms with Crippen molar-refractivity contribution in [1.82, 2.24) is 15.2 Å². The molecule has 0 aliphatic carbocycles. The van der Waals surface area contributed by atoms with Crippen LogP contribution in [-0.4, -0.2) is 79.1 Å². The van der Waals surface area contributed by atoms with Gasteiger partial charge in [-0.15, -0.1) is 0 Å². The van der Waals surface area contributed by atoms with Crippen LogP contribution in [0.1, 0.15) is 44.4 Å². The molecule has 2 aromatic carbocycles. The predicted octanol–water partition coefficient (Wildman–Crippen LogP) is 4.47. The third kappa shape index (κ3) is 5.87. The first kappa shape index (κ1) is 28.3. The van der Waals surface area contributed by atoms with Crippen LogP contribution >= 0.6 is 0 Å². The van der Waals surface area contributed by atoms with E-state index in [0.717, 1.165) is 54.9 Å². The summed E-state index contributed by atoms with van der Waals surface area (Å²) < 4.78 is 11.3. The van der Waals surface area contributed by atoms with E-state index in [2.05, 4.69) is 68.3 Å². The van der Waals surface area contributed by atoms with Crippen molar-refractivity contribution in [2.45, 2.75) is 64.4 Å². The molecule has 1 amide bonds. The van der Waals surface area contributed by atoms with Crippen LogP contribution in [0.3, 0.4) is 0 Å². The summed E-state index contributed by atoms with van der Waals surface area (Å²) in [5.41, 5.74) is 5.94. The summed E-state index contributed by atoms with van der Waals surface area (Å²) in [4.78, 5) is 24.4. The monoisotopic (exact) mass is 568 g/mol. The quantitative estimate of drug-likeness (QED) is 0.495. The van der Waals surface area contributed by atoms with Crippen molar-refractivity contribution in [3.8, 4) is 6.07 Å². The van der Waals surface area contributed by atoms with Gasteiger partial charge in [0.05, 0.1) is 30.3 Å². The molecule has 3 atom stereocenters. The zero-order valence-electron chi connectivity index (χ0n) is 25.0. The van der Waals surface area contributed by atoms with Crippen molar-refractivity contribution in [1.29, 1.82) is 5.26 Å². The second kappa shape index (κ2) is 11.4. The Morgan fingerprint density at radius 1 is 1.12 bits per heavy atom. The second-order valence-electron chi connectivity index (χ2n) is 12.7. The number of carbonyl (C=O) groups is 1. The molecular weight excluding hydrogens is 528 g/mol. The Balaban J connectivity index is 1.18. The average Bonchev–Trinajstić information content (AvgIpc) is 3.20. The number of piperazine rings is 1. The molecule has 6 rings (SSSR count). The largest absolute Gasteiger partial charge is 0.444 e. The summed E-state index contributed by atoms with van der Waals surface area (Å²) in [5.74, 6) is 0. The van der Waals surface area contributed by atoms with Crippen LogP contribution in [0, 0.1) is 11.3 Å². The molecule has 1 aromatic heterocycles. The third-order valence-corrected chi connectivity index (χ3v) is 8.51. The van der Waals surface area contributed by atoms with Crippen LogP contribution in [0.5, 0.6) is 0 Å². The minimum absolute atomic E-state index is 0.149. The van der Waals surface area contributed by atoms with E-state index in [0.29, 0.717) is 37.4 Å². The number of nitrogens with one attached hydrogen (secondary N) is 1. The molecule has 3 aliphatic rings. The van der Waals surface area contributed by atoms with Gasteiger partial charge in [0.25, 0.3) is 0 Å². The highest BCUT2D eigenvalue weighted by atomic mass is 16.6. The molecule has 9 nitrogen and oxygen atoms in total. The zero-order chi connectivity index (χ0) is 29.4. The minimum Gasteiger partial charge on any atom is -0.444 e. The van der Waals surface area contributed by atoms with E-state index >= 15 is 0 Å². The number of hydrogen-bond donors (Lipinski definition) is 1. The van der Waals surface area contributed by atoms with Gasteiger partial charge in [0.15, 0.2) is 0 Å².